The number of fused-ring (bicyclic) bond motifs is 2. The van der Waals surface area contributed by atoms with Crippen molar-refractivity contribution in [3.05, 3.63) is 69.2 Å². The Morgan fingerprint density at radius 3 is 2.60 bits per heavy atom. The summed E-state index contributed by atoms with van der Waals surface area (Å²) in [6, 6.07) is 10.8. The SMILES string of the molecule is COc1ccc2c(c1)c(C(=O)COc1cc(C)cc3oc(=O)cc(C)c13)c(C)n2C. The highest BCUT2D eigenvalue weighted by Crippen LogP contribution is 2.31. The van der Waals surface area contributed by atoms with Crippen LogP contribution in [0, 0.1) is 20.8 Å². The highest BCUT2D eigenvalue weighted by molar-refractivity contribution is 6.10. The summed E-state index contributed by atoms with van der Waals surface area (Å²) in [6.45, 7) is 5.50. The first-order valence-electron chi connectivity index (χ1n) is 9.64. The Kier molecular flexibility index (Phi) is 4.86. The van der Waals surface area contributed by atoms with E-state index in [0.717, 1.165) is 27.7 Å². The second-order valence-electron chi connectivity index (χ2n) is 7.50. The Bertz CT molecular complexity index is 1360. The molecule has 0 aliphatic carbocycles. The van der Waals surface area contributed by atoms with E-state index in [9.17, 15) is 9.59 Å². The Morgan fingerprint density at radius 2 is 1.87 bits per heavy atom. The Hall–Kier alpha value is -3.54. The number of ketones is 1. The molecule has 0 unspecified atom stereocenters. The van der Waals surface area contributed by atoms with Crippen LogP contribution in [0.2, 0.25) is 0 Å². The number of hydrogen-bond donors (Lipinski definition) is 0. The summed E-state index contributed by atoms with van der Waals surface area (Å²) < 4.78 is 18.6. The Labute approximate surface area is 173 Å². The van der Waals surface area contributed by atoms with E-state index in [0.29, 0.717) is 28.0 Å². The molecule has 154 valence electrons. The molecule has 6 heteroatoms. The van der Waals surface area contributed by atoms with Gasteiger partial charge in [-0.15, -0.1) is 0 Å². The molecule has 0 fully saturated rings. The molecule has 0 aliphatic rings. The Balaban J connectivity index is 1.73. The molecule has 0 spiro atoms. The second-order valence-corrected chi connectivity index (χ2v) is 7.50. The van der Waals surface area contributed by atoms with Gasteiger partial charge in [-0.3, -0.25) is 4.79 Å². The average Bonchev–Trinajstić information content (AvgIpc) is 2.95. The van der Waals surface area contributed by atoms with Gasteiger partial charge in [0.1, 0.15) is 17.1 Å². The lowest BCUT2D eigenvalue weighted by Crippen LogP contribution is -2.13. The molecule has 6 nitrogen and oxygen atoms in total. The van der Waals surface area contributed by atoms with Crippen LogP contribution < -0.4 is 15.1 Å². The van der Waals surface area contributed by atoms with Gasteiger partial charge in [0.15, 0.2) is 6.61 Å². The summed E-state index contributed by atoms with van der Waals surface area (Å²) in [5.41, 5.74) is 4.10. The third-order valence-corrected chi connectivity index (χ3v) is 5.49. The summed E-state index contributed by atoms with van der Waals surface area (Å²) in [5.74, 6) is 1.09. The normalized spacial score (nSPS) is 11.2. The summed E-state index contributed by atoms with van der Waals surface area (Å²) in [5, 5.41) is 1.53. The molecule has 0 radical (unpaired) electrons. The molecule has 0 saturated carbocycles. The van der Waals surface area contributed by atoms with Crippen molar-refractivity contribution in [2.75, 3.05) is 13.7 Å². The van der Waals surface area contributed by atoms with E-state index in [1.165, 1.54) is 6.07 Å². The number of ether oxygens (including phenoxy) is 2. The standard InChI is InChI=1S/C24H23NO5/c1-13-8-20(23-14(2)10-22(27)30-21(23)9-13)29-12-19(26)24-15(3)25(4)18-7-6-16(28-5)11-17(18)24/h6-11H,12H2,1-5H3. The maximum atomic E-state index is 13.2. The molecular formula is C24H23NO5. The smallest absolute Gasteiger partial charge is 0.336 e. The average molecular weight is 405 g/mol. The number of rotatable bonds is 5. The van der Waals surface area contributed by atoms with Crippen LogP contribution in [0.5, 0.6) is 11.5 Å². The molecule has 30 heavy (non-hydrogen) atoms. The fourth-order valence-electron chi connectivity index (χ4n) is 3.94. The molecule has 0 bridgehead atoms. The number of carbonyl (C=O) groups is 1. The van der Waals surface area contributed by atoms with E-state index < -0.39 is 5.63 Å². The van der Waals surface area contributed by atoms with Gasteiger partial charge in [0.25, 0.3) is 0 Å². The number of carbonyl (C=O) groups excluding carboxylic acids is 1. The number of nitrogens with zero attached hydrogens (tertiary/aromatic N) is 1. The quantitative estimate of drug-likeness (QED) is 0.362. The van der Waals surface area contributed by atoms with Gasteiger partial charge in [-0.25, -0.2) is 4.79 Å². The molecule has 2 heterocycles. The minimum absolute atomic E-state index is 0.129. The van der Waals surface area contributed by atoms with Gasteiger partial charge in [0.2, 0.25) is 5.78 Å². The van der Waals surface area contributed by atoms with E-state index in [1.807, 2.05) is 56.7 Å². The van der Waals surface area contributed by atoms with Gasteiger partial charge >= 0.3 is 5.63 Å². The second kappa shape index (κ2) is 7.37. The van der Waals surface area contributed by atoms with Crippen molar-refractivity contribution in [2.24, 2.45) is 7.05 Å². The molecule has 2 aromatic carbocycles. The lowest BCUT2D eigenvalue weighted by Gasteiger charge is -2.11. The van der Waals surface area contributed by atoms with Gasteiger partial charge in [-0.2, -0.15) is 0 Å². The predicted octanol–water partition coefficient (Wildman–Crippen LogP) is 4.48. The van der Waals surface area contributed by atoms with Crippen LogP contribution in [0.1, 0.15) is 27.2 Å². The maximum absolute atomic E-state index is 13.2. The van der Waals surface area contributed by atoms with Crippen LogP contribution in [-0.4, -0.2) is 24.1 Å². The van der Waals surface area contributed by atoms with Gasteiger partial charge in [-0.05, 0) is 62.2 Å². The van der Waals surface area contributed by atoms with Crippen LogP contribution in [0.4, 0.5) is 0 Å². The maximum Gasteiger partial charge on any atom is 0.336 e. The van der Waals surface area contributed by atoms with Crippen LogP contribution in [-0.2, 0) is 7.05 Å². The molecule has 0 atom stereocenters. The zero-order chi connectivity index (χ0) is 21.6. The van der Waals surface area contributed by atoms with E-state index in [2.05, 4.69) is 0 Å². The highest BCUT2D eigenvalue weighted by Gasteiger charge is 2.20. The van der Waals surface area contributed by atoms with Crippen molar-refractivity contribution in [2.45, 2.75) is 20.8 Å². The van der Waals surface area contributed by atoms with Crippen LogP contribution >= 0.6 is 0 Å². The third-order valence-electron chi connectivity index (χ3n) is 5.49. The lowest BCUT2D eigenvalue weighted by molar-refractivity contribution is 0.0923. The fraction of sp³-hybridized carbons (Fsp3) is 0.250. The summed E-state index contributed by atoms with van der Waals surface area (Å²) in [6.07, 6.45) is 0. The molecular weight excluding hydrogens is 382 g/mol. The number of Topliss-reactive ketones (excluding diaryl/α,β-unsaturated/α-hetero) is 1. The molecule has 0 amide bonds. The van der Waals surface area contributed by atoms with Crippen molar-refractivity contribution in [1.82, 2.24) is 4.57 Å². The van der Waals surface area contributed by atoms with Gasteiger partial charge in [-0.1, -0.05) is 0 Å². The zero-order valence-electron chi connectivity index (χ0n) is 17.7. The highest BCUT2D eigenvalue weighted by atomic mass is 16.5. The van der Waals surface area contributed by atoms with E-state index in [4.69, 9.17) is 13.9 Å². The number of hydrogen-bond acceptors (Lipinski definition) is 5. The minimum atomic E-state index is -0.409. The largest absolute Gasteiger partial charge is 0.497 e. The van der Waals surface area contributed by atoms with E-state index in [-0.39, 0.29) is 12.4 Å². The topological polar surface area (TPSA) is 70.7 Å². The summed E-state index contributed by atoms with van der Waals surface area (Å²) in [4.78, 5) is 24.9. The monoisotopic (exact) mass is 405 g/mol. The lowest BCUT2D eigenvalue weighted by atomic mass is 10.1. The van der Waals surface area contributed by atoms with E-state index in [1.54, 1.807) is 13.2 Å². The molecule has 4 rings (SSSR count). The third kappa shape index (κ3) is 3.24. The molecule has 0 saturated heterocycles. The summed E-state index contributed by atoms with van der Waals surface area (Å²) in [7, 11) is 3.53. The predicted molar refractivity (Wildman–Crippen MR) is 116 cm³/mol. The van der Waals surface area contributed by atoms with E-state index >= 15 is 0 Å². The molecule has 4 aromatic rings. The van der Waals surface area contributed by atoms with Crippen molar-refractivity contribution in [3.63, 3.8) is 0 Å². The molecule has 0 N–H and O–H groups in total. The van der Waals surface area contributed by atoms with Crippen LogP contribution in [0.15, 0.2) is 45.6 Å². The van der Waals surface area contributed by atoms with Crippen molar-refractivity contribution in [3.8, 4) is 11.5 Å². The van der Waals surface area contributed by atoms with Gasteiger partial charge in [0, 0.05) is 35.3 Å². The molecule has 0 aliphatic heterocycles. The van der Waals surface area contributed by atoms with Gasteiger partial charge < -0.3 is 18.5 Å². The number of benzene rings is 2. The zero-order valence-corrected chi connectivity index (χ0v) is 17.7. The number of aryl methyl sites for hydroxylation is 3. The Morgan fingerprint density at radius 1 is 1.10 bits per heavy atom. The fourth-order valence-corrected chi connectivity index (χ4v) is 3.94. The first-order chi connectivity index (χ1) is 14.3. The molecule has 2 aromatic heterocycles. The van der Waals surface area contributed by atoms with Crippen LogP contribution in [0.3, 0.4) is 0 Å². The van der Waals surface area contributed by atoms with Crippen molar-refractivity contribution in [1.29, 1.82) is 0 Å². The van der Waals surface area contributed by atoms with Crippen LogP contribution in [0.25, 0.3) is 21.9 Å². The first-order valence-corrected chi connectivity index (χ1v) is 9.64. The van der Waals surface area contributed by atoms with Crippen molar-refractivity contribution < 1.29 is 18.7 Å². The summed E-state index contributed by atoms with van der Waals surface area (Å²) >= 11 is 0. The number of methoxy groups -OCH3 is 1. The van der Waals surface area contributed by atoms with Gasteiger partial charge in [0.05, 0.1) is 12.5 Å². The van der Waals surface area contributed by atoms with Crippen molar-refractivity contribution >= 4 is 27.7 Å². The first kappa shape index (κ1) is 19.8. The number of aromatic nitrogens is 1. The minimum Gasteiger partial charge on any atom is -0.497 e.